The smallest absolute Gasteiger partial charge is 0.247 e. The first-order valence-electron chi connectivity index (χ1n) is 12.9. The Kier molecular flexibility index (Phi) is 11.8. The van der Waals surface area contributed by atoms with Gasteiger partial charge in [-0.1, -0.05) is 19.3 Å². The van der Waals surface area contributed by atoms with E-state index in [2.05, 4.69) is 5.32 Å². The maximum atomic E-state index is 13.5. The van der Waals surface area contributed by atoms with Crippen LogP contribution in [-0.4, -0.2) is 91.5 Å². The second-order valence-corrected chi connectivity index (χ2v) is 10.7. The number of amides is 2. The van der Waals surface area contributed by atoms with Gasteiger partial charge in [0.1, 0.15) is 18.5 Å². The molecule has 0 bridgehead atoms. The third-order valence-electron chi connectivity index (χ3n) is 6.99. The normalized spacial score (nSPS) is 21.8. The Hall–Kier alpha value is -2.22. The van der Waals surface area contributed by atoms with Crippen LogP contribution in [0.3, 0.4) is 0 Å². The van der Waals surface area contributed by atoms with Crippen molar-refractivity contribution in [3.63, 3.8) is 0 Å². The van der Waals surface area contributed by atoms with E-state index < -0.39 is 24.2 Å². The first kappa shape index (κ1) is 30.3. The van der Waals surface area contributed by atoms with Crippen molar-refractivity contribution in [2.75, 3.05) is 34.0 Å². The summed E-state index contributed by atoms with van der Waals surface area (Å²) >= 11 is 2.03. The van der Waals surface area contributed by atoms with Gasteiger partial charge in [0.25, 0.3) is 0 Å². The summed E-state index contributed by atoms with van der Waals surface area (Å²) in [6.45, 7) is 0.114. The number of hydrogen-bond donors (Lipinski definition) is 3. The van der Waals surface area contributed by atoms with Crippen molar-refractivity contribution >= 4 is 40.7 Å². The van der Waals surface area contributed by atoms with Crippen molar-refractivity contribution < 1.29 is 38.8 Å². The lowest BCUT2D eigenvalue weighted by molar-refractivity contribution is -0.144. The van der Waals surface area contributed by atoms with Crippen LogP contribution in [0.25, 0.3) is 0 Å². The average molecular weight is 645 g/mol. The molecule has 3 rings (SSSR count). The van der Waals surface area contributed by atoms with Gasteiger partial charge in [-0.25, -0.2) is 0 Å². The number of carbonyl (C=O) groups is 3. The SMILES string of the molecule is COCCC(=O)N(C1CCCCC1)C1CC(C(=O)NCCO)=CC(Oc2c(I)cc(C=O)cc2OC)C1O. The van der Waals surface area contributed by atoms with E-state index in [1.165, 1.54) is 14.2 Å². The summed E-state index contributed by atoms with van der Waals surface area (Å²) in [7, 11) is 2.99. The number of halogens is 1. The Morgan fingerprint density at radius 1 is 1.21 bits per heavy atom. The molecule has 11 heteroatoms. The fraction of sp³-hybridized carbons (Fsp3) is 0.593. The number of ether oxygens (including phenoxy) is 3. The van der Waals surface area contributed by atoms with Crippen molar-refractivity contribution in [1.29, 1.82) is 0 Å². The van der Waals surface area contributed by atoms with Crippen LogP contribution in [0.4, 0.5) is 0 Å². The second-order valence-electron chi connectivity index (χ2n) is 9.50. The molecular weight excluding hydrogens is 607 g/mol. The average Bonchev–Trinajstić information content (AvgIpc) is 2.93. The van der Waals surface area contributed by atoms with Crippen molar-refractivity contribution in [2.24, 2.45) is 0 Å². The van der Waals surface area contributed by atoms with Crippen LogP contribution in [0, 0.1) is 3.57 Å². The molecule has 1 fully saturated rings. The lowest BCUT2D eigenvalue weighted by atomic mass is 9.85. The highest BCUT2D eigenvalue weighted by atomic mass is 127. The molecule has 0 spiro atoms. The molecule has 0 aliphatic heterocycles. The summed E-state index contributed by atoms with van der Waals surface area (Å²) in [6.07, 6.45) is 5.18. The maximum absolute atomic E-state index is 13.5. The van der Waals surface area contributed by atoms with Gasteiger partial charge in [0.05, 0.1) is 36.4 Å². The number of carbonyl (C=O) groups excluding carboxylic acids is 3. The van der Waals surface area contributed by atoms with Crippen LogP contribution in [0.1, 0.15) is 55.3 Å². The summed E-state index contributed by atoms with van der Waals surface area (Å²) in [4.78, 5) is 39.6. The molecule has 2 aliphatic rings. The number of aliphatic hydroxyl groups is 2. The number of benzene rings is 1. The van der Waals surface area contributed by atoms with E-state index in [1.807, 2.05) is 22.6 Å². The summed E-state index contributed by atoms with van der Waals surface area (Å²) in [6, 6.07) is 2.41. The molecule has 210 valence electrons. The summed E-state index contributed by atoms with van der Waals surface area (Å²) in [5.74, 6) is 0.106. The molecular formula is C27H37IN2O8. The standard InChI is InChI=1S/C27H37IN2O8/c1-36-11-8-24(33)30(19-6-4-3-5-7-19)21-14-18(27(35)29-9-10-31)15-22(25(21)34)38-26-20(28)12-17(16-32)13-23(26)37-2/h12-13,15-16,19,21-22,25,31,34H,3-11,14H2,1-2H3,(H,29,35). The third-order valence-corrected chi connectivity index (χ3v) is 7.79. The van der Waals surface area contributed by atoms with Gasteiger partial charge in [-0.3, -0.25) is 14.4 Å². The predicted octanol–water partition coefficient (Wildman–Crippen LogP) is 2.23. The van der Waals surface area contributed by atoms with E-state index in [0.717, 1.165) is 32.1 Å². The third kappa shape index (κ3) is 7.45. The van der Waals surface area contributed by atoms with Gasteiger partial charge in [-0.15, -0.1) is 0 Å². The Bertz CT molecular complexity index is 1010. The molecule has 2 aliphatic carbocycles. The molecule has 3 atom stereocenters. The predicted molar refractivity (Wildman–Crippen MR) is 148 cm³/mol. The molecule has 0 heterocycles. The number of aliphatic hydroxyl groups excluding tert-OH is 2. The lowest BCUT2D eigenvalue weighted by Gasteiger charge is -2.45. The van der Waals surface area contributed by atoms with Gasteiger partial charge in [-0.05, 0) is 53.6 Å². The van der Waals surface area contributed by atoms with Crippen LogP contribution < -0.4 is 14.8 Å². The zero-order valence-electron chi connectivity index (χ0n) is 21.9. The Morgan fingerprint density at radius 3 is 2.58 bits per heavy atom. The van der Waals surface area contributed by atoms with Crippen molar-refractivity contribution in [2.45, 2.75) is 69.2 Å². The second kappa shape index (κ2) is 14.8. The summed E-state index contributed by atoms with van der Waals surface area (Å²) < 4.78 is 17.5. The van der Waals surface area contributed by atoms with E-state index in [0.29, 0.717) is 32.5 Å². The van der Waals surface area contributed by atoms with Crippen LogP contribution in [0.5, 0.6) is 11.5 Å². The van der Waals surface area contributed by atoms with Gasteiger partial charge < -0.3 is 34.6 Å². The number of methoxy groups -OCH3 is 2. The Balaban J connectivity index is 2.01. The number of nitrogens with zero attached hydrogens (tertiary/aromatic N) is 1. The van der Waals surface area contributed by atoms with Crippen LogP contribution in [-0.2, 0) is 14.3 Å². The summed E-state index contributed by atoms with van der Waals surface area (Å²) in [5, 5.41) is 23.5. The highest BCUT2D eigenvalue weighted by molar-refractivity contribution is 14.1. The van der Waals surface area contributed by atoms with Crippen molar-refractivity contribution in [3.8, 4) is 11.5 Å². The van der Waals surface area contributed by atoms with Gasteiger partial charge in [0.15, 0.2) is 11.5 Å². The molecule has 10 nitrogen and oxygen atoms in total. The van der Waals surface area contributed by atoms with Crippen molar-refractivity contribution in [1.82, 2.24) is 10.2 Å². The fourth-order valence-corrected chi connectivity index (χ4v) is 5.90. The van der Waals surface area contributed by atoms with Crippen LogP contribution in [0.2, 0.25) is 0 Å². The first-order chi connectivity index (χ1) is 18.3. The fourth-order valence-electron chi connectivity index (χ4n) is 5.14. The van der Waals surface area contributed by atoms with E-state index in [4.69, 9.17) is 14.2 Å². The Morgan fingerprint density at radius 2 is 1.95 bits per heavy atom. The minimum Gasteiger partial charge on any atom is -0.493 e. The highest BCUT2D eigenvalue weighted by Crippen LogP contribution is 2.38. The van der Waals surface area contributed by atoms with E-state index in [1.54, 1.807) is 23.1 Å². The molecule has 1 aromatic carbocycles. The van der Waals surface area contributed by atoms with Gasteiger partial charge in [0, 0.05) is 37.3 Å². The minimum absolute atomic E-state index is 0.0604. The molecule has 0 radical (unpaired) electrons. The number of nitrogens with one attached hydrogen (secondary N) is 1. The molecule has 3 unspecified atom stereocenters. The minimum atomic E-state index is -1.14. The van der Waals surface area contributed by atoms with Crippen molar-refractivity contribution in [3.05, 3.63) is 32.9 Å². The van der Waals surface area contributed by atoms with Crippen LogP contribution in [0.15, 0.2) is 23.8 Å². The molecule has 3 N–H and O–H groups in total. The highest BCUT2D eigenvalue weighted by Gasteiger charge is 2.43. The molecule has 0 saturated heterocycles. The molecule has 2 amide bonds. The molecule has 1 aromatic rings. The van der Waals surface area contributed by atoms with E-state index in [-0.39, 0.29) is 44.5 Å². The van der Waals surface area contributed by atoms with Gasteiger partial charge >= 0.3 is 0 Å². The first-order valence-corrected chi connectivity index (χ1v) is 14.0. The lowest BCUT2D eigenvalue weighted by Crippen LogP contribution is -2.58. The molecule has 38 heavy (non-hydrogen) atoms. The topological polar surface area (TPSA) is 135 Å². The molecule has 0 aromatic heterocycles. The Labute approximate surface area is 236 Å². The van der Waals surface area contributed by atoms with E-state index in [9.17, 15) is 24.6 Å². The number of rotatable bonds is 12. The largest absolute Gasteiger partial charge is 0.493 e. The van der Waals surface area contributed by atoms with Gasteiger partial charge in [-0.2, -0.15) is 0 Å². The maximum Gasteiger partial charge on any atom is 0.247 e. The zero-order valence-corrected chi connectivity index (χ0v) is 24.0. The monoisotopic (exact) mass is 644 g/mol. The van der Waals surface area contributed by atoms with E-state index >= 15 is 0 Å². The van der Waals surface area contributed by atoms with Crippen LogP contribution >= 0.6 is 22.6 Å². The zero-order chi connectivity index (χ0) is 27.7. The number of hydrogen-bond acceptors (Lipinski definition) is 8. The molecule has 1 saturated carbocycles. The number of aldehydes is 1. The summed E-state index contributed by atoms with van der Waals surface area (Å²) in [5.41, 5.74) is 0.769. The van der Waals surface area contributed by atoms with Gasteiger partial charge in [0.2, 0.25) is 11.8 Å². The quantitative estimate of drug-likeness (QED) is 0.233.